The molecule has 18 heavy (non-hydrogen) atoms. The number of hydrogen-bond acceptors (Lipinski definition) is 3. The molecule has 3 heteroatoms. The second kappa shape index (κ2) is 6.13. The largest absolute Gasteiger partial charge is 0.309 e. The zero-order chi connectivity index (χ0) is 12.8. The minimum absolute atomic E-state index is 0.148. The van der Waals surface area contributed by atoms with Crippen molar-refractivity contribution in [2.45, 2.75) is 25.8 Å². The summed E-state index contributed by atoms with van der Waals surface area (Å²) in [4.78, 5) is 8.74. The van der Waals surface area contributed by atoms with Crippen LogP contribution in [-0.2, 0) is 0 Å². The Labute approximate surface area is 108 Å². The molecule has 0 fully saturated rings. The second-order valence-electron chi connectivity index (χ2n) is 4.19. The van der Waals surface area contributed by atoms with Crippen LogP contribution in [0.25, 0.3) is 11.0 Å². The van der Waals surface area contributed by atoms with Crippen LogP contribution in [0.4, 0.5) is 0 Å². The van der Waals surface area contributed by atoms with Gasteiger partial charge in [-0.2, -0.15) is 0 Å². The number of terminal acetylenes is 1. The van der Waals surface area contributed by atoms with Gasteiger partial charge in [0.15, 0.2) is 0 Å². The molecule has 3 nitrogen and oxygen atoms in total. The zero-order valence-corrected chi connectivity index (χ0v) is 10.6. The predicted octanol–water partition coefficient (Wildman–Crippen LogP) is 2.69. The predicted molar refractivity (Wildman–Crippen MR) is 74.0 cm³/mol. The van der Waals surface area contributed by atoms with Crippen LogP contribution in [-0.4, -0.2) is 16.5 Å². The van der Waals surface area contributed by atoms with Gasteiger partial charge in [0.05, 0.1) is 11.0 Å². The molecule has 1 unspecified atom stereocenters. The van der Waals surface area contributed by atoms with Crippen LogP contribution in [0.1, 0.15) is 31.4 Å². The summed E-state index contributed by atoms with van der Waals surface area (Å²) in [5, 5.41) is 3.47. The number of para-hydroxylation sites is 1. The number of hydrogen-bond donors (Lipinski definition) is 1. The normalized spacial score (nSPS) is 12.2. The molecule has 0 aliphatic carbocycles. The summed E-state index contributed by atoms with van der Waals surface area (Å²) in [5.41, 5.74) is 2.98. The second-order valence-corrected chi connectivity index (χ2v) is 4.19. The third kappa shape index (κ3) is 2.66. The van der Waals surface area contributed by atoms with Gasteiger partial charge in [-0.25, -0.2) is 0 Å². The molecule has 0 spiro atoms. The molecule has 0 saturated carbocycles. The van der Waals surface area contributed by atoms with E-state index in [1.165, 1.54) is 0 Å². The lowest BCUT2D eigenvalue weighted by Crippen LogP contribution is -2.22. The van der Waals surface area contributed by atoms with E-state index in [1.807, 2.05) is 12.1 Å². The molecule has 2 rings (SSSR count). The molecular weight excluding hydrogens is 222 g/mol. The molecular formula is C15H17N3. The number of nitrogens with zero attached hydrogens (tertiary/aromatic N) is 2. The Bertz CT molecular complexity index is 552. The van der Waals surface area contributed by atoms with Gasteiger partial charge in [-0.1, -0.05) is 19.1 Å². The lowest BCUT2D eigenvalue weighted by molar-refractivity contribution is 0.545. The quantitative estimate of drug-likeness (QED) is 0.815. The van der Waals surface area contributed by atoms with Crippen molar-refractivity contribution in [3.05, 3.63) is 36.2 Å². The van der Waals surface area contributed by atoms with Crippen molar-refractivity contribution >= 4 is 11.0 Å². The van der Waals surface area contributed by atoms with E-state index < -0.39 is 0 Å². The lowest BCUT2D eigenvalue weighted by atomic mass is 10.0. The van der Waals surface area contributed by atoms with Gasteiger partial charge >= 0.3 is 0 Å². The Morgan fingerprint density at radius 3 is 2.94 bits per heavy atom. The minimum Gasteiger partial charge on any atom is -0.309 e. The van der Waals surface area contributed by atoms with Gasteiger partial charge in [0.25, 0.3) is 0 Å². The van der Waals surface area contributed by atoms with Gasteiger partial charge in [-0.15, -0.1) is 12.3 Å². The molecule has 2 aromatic rings. The van der Waals surface area contributed by atoms with Crippen LogP contribution in [0.15, 0.2) is 30.6 Å². The first-order chi connectivity index (χ1) is 8.86. The van der Waals surface area contributed by atoms with Gasteiger partial charge in [0.1, 0.15) is 0 Å². The van der Waals surface area contributed by atoms with Crippen molar-refractivity contribution in [2.24, 2.45) is 0 Å². The summed E-state index contributed by atoms with van der Waals surface area (Å²) in [6.07, 6.45) is 10.6. The molecule has 1 N–H and O–H groups in total. The van der Waals surface area contributed by atoms with Gasteiger partial charge in [0.2, 0.25) is 0 Å². The number of nitrogens with one attached hydrogen (secondary N) is 1. The maximum atomic E-state index is 5.46. The van der Waals surface area contributed by atoms with E-state index in [9.17, 15) is 0 Å². The summed E-state index contributed by atoms with van der Waals surface area (Å²) >= 11 is 0. The van der Waals surface area contributed by atoms with Crippen LogP contribution in [0.5, 0.6) is 0 Å². The molecule has 0 aliphatic heterocycles. The first-order valence-corrected chi connectivity index (χ1v) is 6.23. The standard InChI is InChI=1S/C15H17N3/c1-3-6-13(16-9-4-2)12-7-5-8-14-15(12)18-11-10-17-14/h1,5,7-8,10-11,13,16H,4,6,9H2,2H3. The highest BCUT2D eigenvalue weighted by Crippen LogP contribution is 2.23. The molecule has 0 radical (unpaired) electrons. The third-order valence-corrected chi connectivity index (χ3v) is 2.87. The van der Waals surface area contributed by atoms with Gasteiger partial charge in [0, 0.05) is 24.9 Å². The van der Waals surface area contributed by atoms with Crippen molar-refractivity contribution in [1.82, 2.24) is 15.3 Å². The fourth-order valence-corrected chi connectivity index (χ4v) is 2.02. The van der Waals surface area contributed by atoms with Crippen LogP contribution < -0.4 is 5.32 Å². The maximum Gasteiger partial charge on any atom is 0.0934 e. The highest BCUT2D eigenvalue weighted by molar-refractivity contribution is 5.78. The number of rotatable bonds is 5. The average molecular weight is 239 g/mol. The monoisotopic (exact) mass is 239 g/mol. The first kappa shape index (κ1) is 12.5. The van der Waals surface area contributed by atoms with Crippen molar-refractivity contribution in [3.8, 4) is 12.3 Å². The Balaban J connectivity index is 2.40. The number of fused-ring (bicyclic) bond motifs is 1. The van der Waals surface area contributed by atoms with Gasteiger partial charge < -0.3 is 5.32 Å². The molecule has 1 aromatic heterocycles. The number of aromatic nitrogens is 2. The minimum atomic E-state index is 0.148. The Morgan fingerprint density at radius 1 is 1.33 bits per heavy atom. The summed E-state index contributed by atoms with van der Waals surface area (Å²) in [6.45, 7) is 3.09. The Morgan fingerprint density at radius 2 is 2.17 bits per heavy atom. The van der Waals surface area contributed by atoms with Gasteiger partial charge in [-0.3, -0.25) is 9.97 Å². The van der Waals surface area contributed by atoms with Gasteiger partial charge in [-0.05, 0) is 24.6 Å². The van der Waals surface area contributed by atoms with Crippen LogP contribution in [0.3, 0.4) is 0 Å². The Kier molecular flexibility index (Phi) is 4.27. The highest BCUT2D eigenvalue weighted by Gasteiger charge is 2.13. The molecule has 92 valence electrons. The van der Waals surface area contributed by atoms with Crippen LogP contribution >= 0.6 is 0 Å². The van der Waals surface area contributed by atoms with E-state index in [4.69, 9.17) is 6.42 Å². The fourth-order valence-electron chi connectivity index (χ4n) is 2.02. The molecule has 0 aliphatic rings. The summed E-state index contributed by atoms with van der Waals surface area (Å²) in [7, 11) is 0. The van der Waals surface area contributed by atoms with Crippen LogP contribution in [0.2, 0.25) is 0 Å². The Hall–Kier alpha value is -1.92. The van der Waals surface area contributed by atoms with Crippen molar-refractivity contribution in [2.75, 3.05) is 6.54 Å². The van der Waals surface area contributed by atoms with Crippen molar-refractivity contribution in [3.63, 3.8) is 0 Å². The topological polar surface area (TPSA) is 37.8 Å². The molecule has 0 bridgehead atoms. The maximum absolute atomic E-state index is 5.46. The van der Waals surface area contributed by atoms with Crippen molar-refractivity contribution in [1.29, 1.82) is 0 Å². The lowest BCUT2D eigenvalue weighted by Gasteiger charge is -2.17. The smallest absolute Gasteiger partial charge is 0.0934 e. The van der Waals surface area contributed by atoms with E-state index >= 15 is 0 Å². The fraction of sp³-hybridized carbons (Fsp3) is 0.333. The molecule has 1 atom stereocenters. The summed E-state index contributed by atoms with van der Waals surface area (Å²) < 4.78 is 0. The van der Waals surface area contributed by atoms with Crippen LogP contribution in [0, 0.1) is 12.3 Å². The first-order valence-electron chi connectivity index (χ1n) is 6.23. The molecule has 0 amide bonds. The van der Waals surface area contributed by atoms with E-state index in [1.54, 1.807) is 12.4 Å². The van der Waals surface area contributed by atoms with E-state index in [0.29, 0.717) is 6.42 Å². The molecule has 0 saturated heterocycles. The van der Waals surface area contributed by atoms with E-state index in [-0.39, 0.29) is 6.04 Å². The summed E-state index contributed by atoms with van der Waals surface area (Å²) in [6, 6.07) is 6.19. The third-order valence-electron chi connectivity index (χ3n) is 2.87. The molecule has 1 heterocycles. The van der Waals surface area contributed by atoms with E-state index in [0.717, 1.165) is 29.6 Å². The van der Waals surface area contributed by atoms with E-state index in [2.05, 4.69) is 34.2 Å². The SMILES string of the molecule is C#CCC(NCCC)c1cccc2nccnc12. The number of benzene rings is 1. The molecule has 1 aromatic carbocycles. The van der Waals surface area contributed by atoms with Crippen molar-refractivity contribution < 1.29 is 0 Å². The zero-order valence-electron chi connectivity index (χ0n) is 10.6. The summed E-state index contributed by atoms with van der Waals surface area (Å²) in [5.74, 6) is 2.73. The highest BCUT2D eigenvalue weighted by atomic mass is 14.9. The average Bonchev–Trinajstić information content (AvgIpc) is 2.43.